The van der Waals surface area contributed by atoms with Crippen LogP contribution >= 0.6 is 0 Å². The predicted octanol–water partition coefficient (Wildman–Crippen LogP) is 4.35. The molecule has 4 fully saturated rings. The van der Waals surface area contributed by atoms with E-state index in [0.29, 0.717) is 6.54 Å². The van der Waals surface area contributed by atoms with Gasteiger partial charge in [0.2, 0.25) is 0 Å². The van der Waals surface area contributed by atoms with Crippen molar-refractivity contribution < 1.29 is 4.79 Å². The number of nitrogens with zero attached hydrogens (tertiary/aromatic N) is 5. The number of benzene rings is 1. The van der Waals surface area contributed by atoms with Crippen molar-refractivity contribution in [2.24, 2.45) is 24.8 Å². The third-order valence-electron chi connectivity index (χ3n) is 8.17. The van der Waals surface area contributed by atoms with Gasteiger partial charge in [-0.05, 0) is 74.5 Å². The molecule has 2 heterocycles. The highest BCUT2D eigenvalue weighted by atomic mass is 16.2. The van der Waals surface area contributed by atoms with Crippen LogP contribution in [-0.2, 0) is 19.0 Å². The number of amides is 1. The molecule has 4 bridgehead atoms. The molecule has 2 aromatic heterocycles. The van der Waals surface area contributed by atoms with Crippen LogP contribution in [0.2, 0.25) is 0 Å². The van der Waals surface area contributed by atoms with Gasteiger partial charge in [-0.25, -0.2) is 4.68 Å². The van der Waals surface area contributed by atoms with Crippen molar-refractivity contribution in [2.45, 2.75) is 50.5 Å². The summed E-state index contributed by atoms with van der Waals surface area (Å²) in [7, 11) is 3.81. The third kappa shape index (κ3) is 3.19. The summed E-state index contributed by atoms with van der Waals surface area (Å²) in [6, 6.07) is 12.2. The zero-order chi connectivity index (χ0) is 21.9. The Bertz CT molecular complexity index is 1110. The minimum absolute atomic E-state index is 0.0547. The molecular formula is C26H31N5O. The minimum atomic E-state index is 0.0547. The molecule has 1 amide bonds. The fourth-order valence-corrected chi connectivity index (χ4v) is 7.11. The molecule has 0 unspecified atom stereocenters. The van der Waals surface area contributed by atoms with Crippen LogP contribution in [-0.4, -0.2) is 37.4 Å². The summed E-state index contributed by atoms with van der Waals surface area (Å²) in [5.41, 5.74) is 3.91. The molecule has 0 radical (unpaired) electrons. The standard InChI is InChI=1S/C26H31N5O/c1-29(16-22-8-9-27-30(22)2)25(32)23-17-31(21-6-4-3-5-7-21)28-24(23)26-13-18-10-19(14-26)12-20(11-18)15-26/h3-9,17-20H,10-16H2,1-2H3. The first-order valence-electron chi connectivity index (χ1n) is 11.9. The van der Waals surface area contributed by atoms with E-state index in [1.807, 2.05) is 58.8 Å². The second-order valence-electron chi connectivity index (χ2n) is 10.5. The summed E-state index contributed by atoms with van der Waals surface area (Å²) in [5.74, 6) is 2.47. The van der Waals surface area contributed by atoms with Gasteiger partial charge in [0.05, 0.1) is 29.2 Å². The van der Waals surface area contributed by atoms with Crippen molar-refractivity contribution in [3.8, 4) is 5.69 Å². The molecule has 6 heteroatoms. The van der Waals surface area contributed by atoms with E-state index in [4.69, 9.17) is 5.10 Å². The summed E-state index contributed by atoms with van der Waals surface area (Å²) in [5, 5.41) is 9.39. The predicted molar refractivity (Wildman–Crippen MR) is 122 cm³/mol. The number of carbonyl (C=O) groups excluding carboxylic acids is 1. The average Bonchev–Trinajstić information content (AvgIpc) is 3.40. The summed E-state index contributed by atoms with van der Waals surface area (Å²) in [6.07, 6.45) is 11.5. The number of aromatic nitrogens is 4. The van der Waals surface area contributed by atoms with Crippen LogP contribution in [0.4, 0.5) is 0 Å². The Hall–Kier alpha value is -2.89. The number of rotatable bonds is 5. The van der Waals surface area contributed by atoms with E-state index in [1.165, 1.54) is 38.5 Å². The van der Waals surface area contributed by atoms with Crippen LogP contribution in [0.15, 0.2) is 48.8 Å². The maximum Gasteiger partial charge on any atom is 0.257 e. The molecule has 7 rings (SSSR count). The lowest BCUT2D eigenvalue weighted by atomic mass is 9.48. The highest BCUT2D eigenvalue weighted by Gasteiger charge is 2.54. The normalized spacial score (nSPS) is 28.2. The Balaban J connectivity index is 1.40. The molecule has 3 aromatic rings. The van der Waals surface area contributed by atoms with Crippen LogP contribution in [0, 0.1) is 17.8 Å². The molecule has 0 aliphatic heterocycles. The number of hydrogen-bond donors (Lipinski definition) is 0. The first-order chi connectivity index (χ1) is 15.5. The van der Waals surface area contributed by atoms with E-state index in [2.05, 4.69) is 17.2 Å². The van der Waals surface area contributed by atoms with Gasteiger partial charge in [0.25, 0.3) is 5.91 Å². The fourth-order valence-electron chi connectivity index (χ4n) is 7.11. The first kappa shape index (κ1) is 19.8. The number of hydrogen-bond acceptors (Lipinski definition) is 3. The van der Waals surface area contributed by atoms with E-state index in [9.17, 15) is 4.79 Å². The monoisotopic (exact) mass is 429 g/mol. The van der Waals surface area contributed by atoms with Gasteiger partial charge >= 0.3 is 0 Å². The number of para-hydroxylation sites is 1. The Morgan fingerprint density at radius 1 is 1.06 bits per heavy atom. The molecule has 4 saturated carbocycles. The zero-order valence-corrected chi connectivity index (χ0v) is 18.9. The molecule has 166 valence electrons. The summed E-state index contributed by atoms with van der Waals surface area (Å²) >= 11 is 0. The lowest BCUT2D eigenvalue weighted by Gasteiger charge is -2.56. The van der Waals surface area contributed by atoms with Crippen LogP contribution in [0.5, 0.6) is 0 Å². The topological polar surface area (TPSA) is 56.0 Å². The van der Waals surface area contributed by atoms with Gasteiger partial charge in [-0.15, -0.1) is 0 Å². The van der Waals surface area contributed by atoms with Crippen molar-refractivity contribution in [1.29, 1.82) is 0 Å². The highest BCUT2D eigenvalue weighted by molar-refractivity contribution is 5.95. The molecular weight excluding hydrogens is 398 g/mol. The molecule has 1 aromatic carbocycles. The molecule has 4 aliphatic carbocycles. The van der Waals surface area contributed by atoms with Gasteiger partial charge < -0.3 is 4.90 Å². The van der Waals surface area contributed by atoms with Gasteiger partial charge in [-0.1, -0.05) is 18.2 Å². The number of carbonyl (C=O) groups is 1. The largest absolute Gasteiger partial charge is 0.336 e. The Morgan fingerprint density at radius 3 is 2.31 bits per heavy atom. The third-order valence-corrected chi connectivity index (χ3v) is 8.17. The number of aryl methyl sites for hydroxylation is 1. The van der Waals surface area contributed by atoms with E-state index < -0.39 is 0 Å². The average molecular weight is 430 g/mol. The summed E-state index contributed by atoms with van der Waals surface area (Å²) in [4.78, 5) is 15.6. The molecule has 0 spiro atoms. The fraction of sp³-hybridized carbons (Fsp3) is 0.500. The molecule has 0 saturated heterocycles. The van der Waals surface area contributed by atoms with E-state index in [0.717, 1.165) is 40.4 Å². The quantitative estimate of drug-likeness (QED) is 0.606. The van der Waals surface area contributed by atoms with Crippen molar-refractivity contribution in [1.82, 2.24) is 24.5 Å². The Labute approximate surface area is 189 Å². The van der Waals surface area contributed by atoms with Gasteiger partial charge in [0, 0.05) is 31.9 Å². The second kappa shape index (κ2) is 7.32. The maximum atomic E-state index is 13.8. The lowest BCUT2D eigenvalue weighted by molar-refractivity contribution is -0.00783. The van der Waals surface area contributed by atoms with Crippen molar-refractivity contribution in [3.63, 3.8) is 0 Å². The van der Waals surface area contributed by atoms with Gasteiger partial charge in [0.1, 0.15) is 0 Å². The zero-order valence-electron chi connectivity index (χ0n) is 18.9. The SMILES string of the molecule is CN(Cc1ccnn1C)C(=O)c1cn(-c2ccccc2)nc1C12CC3CC(CC(C3)C1)C2. The molecule has 32 heavy (non-hydrogen) atoms. The van der Waals surface area contributed by atoms with Gasteiger partial charge in [0.15, 0.2) is 0 Å². The van der Waals surface area contributed by atoms with E-state index >= 15 is 0 Å². The second-order valence-corrected chi connectivity index (χ2v) is 10.5. The molecule has 6 nitrogen and oxygen atoms in total. The van der Waals surface area contributed by atoms with E-state index in [-0.39, 0.29) is 11.3 Å². The van der Waals surface area contributed by atoms with Crippen molar-refractivity contribution >= 4 is 5.91 Å². The van der Waals surface area contributed by atoms with E-state index in [1.54, 1.807) is 6.20 Å². The minimum Gasteiger partial charge on any atom is -0.336 e. The van der Waals surface area contributed by atoms with Crippen molar-refractivity contribution in [3.05, 3.63) is 65.7 Å². The first-order valence-corrected chi connectivity index (χ1v) is 11.9. The van der Waals surface area contributed by atoms with Crippen LogP contribution in [0.3, 0.4) is 0 Å². The van der Waals surface area contributed by atoms with Gasteiger partial charge in [-0.2, -0.15) is 10.2 Å². The molecule has 4 aliphatic rings. The Morgan fingerprint density at radius 2 is 1.72 bits per heavy atom. The molecule has 0 atom stereocenters. The smallest absolute Gasteiger partial charge is 0.257 e. The highest BCUT2D eigenvalue weighted by Crippen LogP contribution is 2.61. The molecule has 0 N–H and O–H groups in total. The van der Waals surface area contributed by atoms with Crippen LogP contribution in [0.25, 0.3) is 5.69 Å². The maximum absolute atomic E-state index is 13.8. The Kier molecular flexibility index (Phi) is 4.52. The van der Waals surface area contributed by atoms with Crippen LogP contribution in [0.1, 0.15) is 60.3 Å². The summed E-state index contributed by atoms with van der Waals surface area (Å²) < 4.78 is 3.76. The van der Waals surface area contributed by atoms with Crippen LogP contribution < -0.4 is 0 Å². The van der Waals surface area contributed by atoms with Gasteiger partial charge in [-0.3, -0.25) is 9.48 Å². The summed E-state index contributed by atoms with van der Waals surface area (Å²) in [6.45, 7) is 0.534. The lowest BCUT2D eigenvalue weighted by Crippen LogP contribution is -2.49. The van der Waals surface area contributed by atoms with Crippen molar-refractivity contribution in [2.75, 3.05) is 7.05 Å².